The fourth-order valence-electron chi connectivity index (χ4n) is 7.94. The monoisotopic (exact) mass is 668 g/mol. The van der Waals surface area contributed by atoms with Crippen LogP contribution in [-0.2, 0) is 0 Å². The van der Waals surface area contributed by atoms with E-state index in [1.165, 1.54) is 52.8 Å². The van der Waals surface area contributed by atoms with Gasteiger partial charge in [0.15, 0.2) is 0 Å². The van der Waals surface area contributed by atoms with Crippen molar-refractivity contribution in [1.29, 1.82) is 0 Å². The molecule has 0 fully saturated rings. The van der Waals surface area contributed by atoms with Crippen molar-refractivity contribution >= 4 is 75.1 Å². The van der Waals surface area contributed by atoms with Crippen LogP contribution >= 0.6 is 11.3 Å². The Morgan fingerprint density at radius 3 is 1.67 bits per heavy atom. The largest absolute Gasteiger partial charge is 0.309 e. The van der Waals surface area contributed by atoms with Crippen LogP contribution in [0.2, 0.25) is 0 Å². The normalized spacial score (nSPS) is 11.9. The summed E-state index contributed by atoms with van der Waals surface area (Å²) in [5.41, 5.74) is 9.71. The molecule has 238 valence electrons. The summed E-state index contributed by atoms with van der Waals surface area (Å²) in [6.45, 7) is 0. The van der Waals surface area contributed by atoms with E-state index in [1.54, 1.807) is 0 Å². The predicted octanol–water partition coefficient (Wildman–Crippen LogP) is 12.4. The van der Waals surface area contributed by atoms with Gasteiger partial charge in [0, 0.05) is 58.5 Å². The minimum atomic E-state index is 0.662. The lowest BCUT2D eigenvalue weighted by molar-refractivity contribution is 0.998. The van der Waals surface area contributed by atoms with E-state index in [1.807, 2.05) is 23.5 Å². The average Bonchev–Trinajstić information content (AvgIpc) is 3.86. The van der Waals surface area contributed by atoms with Gasteiger partial charge < -0.3 is 4.57 Å². The third-order valence-electron chi connectivity index (χ3n) is 10.1. The second-order valence-corrected chi connectivity index (χ2v) is 14.0. The Hall–Kier alpha value is -6.56. The number of benzene rings is 7. The summed E-state index contributed by atoms with van der Waals surface area (Å²) in [6, 6.07) is 60.3. The van der Waals surface area contributed by atoms with Crippen LogP contribution in [0.3, 0.4) is 0 Å². The summed E-state index contributed by atoms with van der Waals surface area (Å²) in [7, 11) is 0. The molecule has 0 saturated carbocycles. The first-order valence-electron chi connectivity index (χ1n) is 17.2. The zero-order valence-corrected chi connectivity index (χ0v) is 28.2. The van der Waals surface area contributed by atoms with Crippen LogP contribution in [0.15, 0.2) is 170 Å². The topological polar surface area (TPSA) is 35.6 Å². The number of para-hydroxylation sites is 3. The molecule has 0 spiro atoms. The van der Waals surface area contributed by atoms with Crippen molar-refractivity contribution in [3.63, 3.8) is 0 Å². The maximum atomic E-state index is 5.32. The van der Waals surface area contributed by atoms with Crippen molar-refractivity contribution in [1.82, 2.24) is 19.1 Å². The Labute approximate surface area is 297 Å². The highest BCUT2D eigenvalue weighted by Gasteiger charge is 2.23. The van der Waals surface area contributed by atoms with Gasteiger partial charge >= 0.3 is 0 Å². The molecule has 0 aliphatic carbocycles. The van der Waals surface area contributed by atoms with Crippen LogP contribution in [-0.4, -0.2) is 19.1 Å². The molecule has 0 N–H and O–H groups in total. The minimum Gasteiger partial charge on any atom is -0.309 e. The summed E-state index contributed by atoms with van der Waals surface area (Å²) in [6.07, 6.45) is 0. The summed E-state index contributed by atoms with van der Waals surface area (Å²) in [5.74, 6) is 0.662. The van der Waals surface area contributed by atoms with Gasteiger partial charge in [-0.3, -0.25) is 4.57 Å². The zero-order valence-electron chi connectivity index (χ0n) is 27.4. The maximum absolute atomic E-state index is 5.32. The molecule has 4 nitrogen and oxygen atoms in total. The highest BCUT2D eigenvalue weighted by molar-refractivity contribution is 7.27. The van der Waals surface area contributed by atoms with Crippen molar-refractivity contribution in [3.8, 4) is 34.2 Å². The smallest absolute Gasteiger partial charge is 0.235 e. The van der Waals surface area contributed by atoms with Crippen LogP contribution in [0.5, 0.6) is 0 Å². The molecule has 0 atom stereocenters. The number of hydrogen-bond acceptors (Lipinski definition) is 3. The number of hydrogen-bond donors (Lipinski definition) is 0. The van der Waals surface area contributed by atoms with Crippen LogP contribution in [0.25, 0.3) is 97.9 Å². The molecule has 0 radical (unpaired) electrons. The SMILES string of the molecule is c1ccc(-c2cc(-c3ccccc3)nc(-n3c4ccccc4c4ccc5sc6c(ccc7c6c6ccccc6n7-c6ccccc6)c5c43)n2)cc1. The van der Waals surface area contributed by atoms with Gasteiger partial charge in [0.2, 0.25) is 5.95 Å². The van der Waals surface area contributed by atoms with Crippen LogP contribution in [0.1, 0.15) is 0 Å². The molecule has 4 heterocycles. The van der Waals surface area contributed by atoms with Gasteiger partial charge in [0.25, 0.3) is 0 Å². The van der Waals surface area contributed by atoms with Gasteiger partial charge in [0.1, 0.15) is 0 Å². The zero-order chi connectivity index (χ0) is 33.5. The first-order chi connectivity index (χ1) is 25.3. The van der Waals surface area contributed by atoms with Crippen LogP contribution < -0.4 is 0 Å². The molecule has 5 heteroatoms. The fraction of sp³-hybridized carbons (Fsp3) is 0. The van der Waals surface area contributed by atoms with E-state index >= 15 is 0 Å². The van der Waals surface area contributed by atoms with Gasteiger partial charge in [-0.25, -0.2) is 9.97 Å². The van der Waals surface area contributed by atoms with E-state index in [9.17, 15) is 0 Å². The molecular formula is C46H28N4S. The molecule has 0 saturated heterocycles. The lowest BCUT2D eigenvalue weighted by atomic mass is 10.1. The van der Waals surface area contributed by atoms with Crippen molar-refractivity contribution in [2.24, 2.45) is 0 Å². The molecule has 7 aromatic carbocycles. The molecule has 0 aliphatic heterocycles. The van der Waals surface area contributed by atoms with E-state index in [2.05, 4.69) is 167 Å². The molecule has 0 amide bonds. The second-order valence-electron chi connectivity index (χ2n) is 13.0. The number of aromatic nitrogens is 4. The van der Waals surface area contributed by atoms with E-state index in [4.69, 9.17) is 9.97 Å². The van der Waals surface area contributed by atoms with Gasteiger partial charge in [-0.15, -0.1) is 11.3 Å². The maximum Gasteiger partial charge on any atom is 0.235 e. The van der Waals surface area contributed by atoms with Crippen molar-refractivity contribution in [2.75, 3.05) is 0 Å². The van der Waals surface area contributed by atoms with Crippen LogP contribution in [0.4, 0.5) is 0 Å². The molecule has 0 unspecified atom stereocenters. The number of nitrogens with zero attached hydrogens (tertiary/aromatic N) is 4. The van der Waals surface area contributed by atoms with E-state index in [0.29, 0.717) is 5.95 Å². The average molecular weight is 669 g/mol. The number of fused-ring (bicyclic) bond motifs is 11. The highest BCUT2D eigenvalue weighted by Crippen LogP contribution is 2.47. The van der Waals surface area contributed by atoms with E-state index < -0.39 is 0 Å². The summed E-state index contributed by atoms with van der Waals surface area (Å²) in [4.78, 5) is 10.6. The lowest BCUT2D eigenvalue weighted by Gasteiger charge is -2.12. The fourth-order valence-corrected chi connectivity index (χ4v) is 9.20. The summed E-state index contributed by atoms with van der Waals surface area (Å²) in [5, 5.41) is 7.41. The molecule has 11 aromatic rings. The van der Waals surface area contributed by atoms with Gasteiger partial charge in [-0.2, -0.15) is 0 Å². The quantitative estimate of drug-likeness (QED) is 0.187. The first kappa shape index (κ1) is 28.3. The Kier molecular flexibility index (Phi) is 6.09. The van der Waals surface area contributed by atoms with Gasteiger partial charge in [-0.05, 0) is 42.5 Å². The third-order valence-corrected chi connectivity index (χ3v) is 11.3. The van der Waals surface area contributed by atoms with Crippen molar-refractivity contribution < 1.29 is 0 Å². The van der Waals surface area contributed by atoms with Crippen LogP contribution in [0, 0.1) is 0 Å². The Morgan fingerprint density at radius 1 is 0.412 bits per heavy atom. The standard InChI is InChI=1S/C46H28N4S/c1-4-14-29(15-5-1)36-28-37(30-16-6-2-7-17-30)48-46(47-36)50-38-22-12-10-20-32(38)33-25-27-41-43(44(33)50)35-24-26-40-42(45(35)51-41)34-21-11-13-23-39(34)49(40)31-18-8-3-9-19-31/h1-28H. The molecule has 11 rings (SSSR count). The predicted molar refractivity (Wildman–Crippen MR) is 214 cm³/mol. The van der Waals surface area contributed by atoms with E-state index in [0.717, 1.165) is 39.2 Å². The Morgan fingerprint density at radius 2 is 0.980 bits per heavy atom. The summed E-state index contributed by atoms with van der Waals surface area (Å²) < 4.78 is 7.24. The molecular weight excluding hydrogens is 641 g/mol. The number of rotatable bonds is 4. The molecule has 0 aliphatic rings. The van der Waals surface area contributed by atoms with Gasteiger partial charge in [0.05, 0.1) is 33.5 Å². The summed E-state index contributed by atoms with van der Waals surface area (Å²) >= 11 is 1.88. The molecule has 4 aromatic heterocycles. The third kappa shape index (κ3) is 4.19. The van der Waals surface area contributed by atoms with Crippen molar-refractivity contribution in [3.05, 3.63) is 170 Å². The van der Waals surface area contributed by atoms with E-state index in [-0.39, 0.29) is 0 Å². The lowest BCUT2D eigenvalue weighted by Crippen LogP contribution is -2.04. The molecule has 51 heavy (non-hydrogen) atoms. The second kappa shape index (κ2) is 11.0. The highest BCUT2D eigenvalue weighted by atomic mass is 32.1. The van der Waals surface area contributed by atoms with Gasteiger partial charge in [-0.1, -0.05) is 127 Å². The first-order valence-corrected chi connectivity index (χ1v) is 18.0. The molecule has 0 bridgehead atoms. The Balaban J connectivity index is 1.28. The Bertz CT molecular complexity index is 3060. The van der Waals surface area contributed by atoms with Crippen molar-refractivity contribution in [2.45, 2.75) is 0 Å². The minimum absolute atomic E-state index is 0.662. The number of thiophene rings is 1.